The summed E-state index contributed by atoms with van der Waals surface area (Å²) in [6.45, 7) is 8.59. The number of benzene rings is 1. The first-order valence-corrected chi connectivity index (χ1v) is 14.0. The number of rotatable bonds is 5. The minimum atomic E-state index is -1.30. The van der Waals surface area contributed by atoms with Crippen LogP contribution in [-0.2, 0) is 10.2 Å². The van der Waals surface area contributed by atoms with Gasteiger partial charge in [-0.2, -0.15) is 0 Å². The van der Waals surface area contributed by atoms with E-state index in [0.29, 0.717) is 24.8 Å². The fourth-order valence-corrected chi connectivity index (χ4v) is 5.77. The summed E-state index contributed by atoms with van der Waals surface area (Å²) < 4.78 is 31.7. The molecule has 0 radical (unpaired) electrons. The number of nitrogens with zero attached hydrogens (tertiary/aromatic N) is 4. The molecule has 40 heavy (non-hydrogen) atoms. The number of carbonyl (C=O) groups excluding carboxylic acids is 2. The van der Waals surface area contributed by atoms with Crippen LogP contribution in [0, 0.1) is 23.5 Å². The number of aromatic nitrogens is 2. The summed E-state index contributed by atoms with van der Waals surface area (Å²) in [7, 11) is 0. The maximum atomic E-state index is 16.3. The average molecular weight is 568 g/mol. The van der Waals surface area contributed by atoms with Gasteiger partial charge >= 0.3 is 0 Å². The van der Waals surface area contributed by atoms with Crippen LogP contribution in [0.4, 0.5) is 20.4 Å². The van der Waals surface area contributed by atoms with Gasteiger partial charge < -0.3 is 10.2 Å². The van der Waals surface area contributed by atoms with Gasteiger partial charge in [0, 0.05) is 54.5 Å². The highest BCUT2D eigenvalue weighted by Crippen LogP contribution is 2.45. The lowest BCUT2D eigenvalue weighted by Crippen LogP contribution is -2.57. The molecule has 3 atom stereocenters. The van der Waals surface area contributed by atoms with E-state index in [4.69, 9.17) is 11.6 Å². The van der Waals surface area contributed by atoms with E-state index in [9.17, 15) is 9.59 Å². The highest BCUT2D eigenvalue weighted by atomic mass is 35.5. The zero-order valence-electron chi connectivity index (χ0n) is 22.9. The molecule has 2 aromatic heterocycles. The Morgan fingerprint density at radius 1 is 1.10 bits per heavy atom. The number of likely N-dealkylation sites (tertiary alicyclic amines) is 1. The van der Waals surface area contributed by atoms with Gasteiger partial charge in [0.15, 0.2) is 11.6 Å². The van der Waals surface area contributed by atoms with Crippen molar-refractivity contribution in [2.45, 2.75) is 45.6 Å². The van der Waals surface area contributed by atoms with Crippen molar-refractivity contribution < 1.29 is 18.4 Å². The molecule has 2 aliphatic heterocycles. The molecule has 1 saturated carbocycles. The van der Waals surface area contributed by atoms with E-state index in [2.05, 4.69) is 22.2 Å². The van der Waals surface area contributed by atoms with Crippen LogP contribution in [0.1, 0.15) is 55.6 Å². The summed E-state index contributed by atoms with van der Waals surface area (Å²) in [5.74, 6) is -0.894. The second kappa shape index (κ2) is 10.8. The van der Waals surface area contributed by atoms with Crippen molar-refractivity contribution in [1.82, 2.24) is 14.9 Å². The summed E-state index contributed by atoms with van der Waals surface area (Å²) in [4.78, 5) is 37.7. The van der Waals surface area contributed by atoms with E-state index < -0.39 is 23.0 Å². The molecular weight excluding hydrogens is 536 g/mol. The fraction of sp³-hybridized carbons (Fsp3) is 0.400. The molecule has 10 heteroatoms. The monoisotopic (exact) mass is 567 g/mol. The van der Waals surface area contributed by atoms with Crippen molar-refractivity contribution in [2.24, 2.45) is 11.8 Å². The fourth-order valence-electron chi connectivity index (χ4n) is 5.59. The van der Waals surface area contributed by atoms with Gasteiger partial charge in [-0.3, -0.25) is 14.5 Å². The molecule has 0 bridgehead atoms. The first-order valence-electron chi connectivity index (χ1n) is 13.6. The van der Waals surface area contributed by atoms with Gasteiger partial charge in [0.05, 0.1) is 16.6 Å². The van der Waals surface area contributed by atoms with E-state index in [1.807, 2.05) is 13.8 Å². The standard InChI is InChI=1S/C28H26ClF2N5O2.C2H6/c1-15-10-17(15)26(37)35-12-16(13-35)34-25-24(31)22-18(11-33-25)27(38)36(21-8-3-4-9-32-21)14-28(22,2)19-6-5-7-20(29)23(19)30;1-2/h3-9,11,15-17H,10,12-14H2,1-2H3,(H,33,34);1-2H3/t15?,17?,28-;/m1./s1. The number of hydrogen-bond donors (Lipinski definition) is 1. The lowest BCUT2D eigenvalue weighted by molar-refractivity contribution is -0.136. The third kappa shape index (κ3) is 4.70. The van der Waals surface area contributed by atoms with E-state index in [1.165, 1.54) is 17.2 Å². The highest BCUT2D eigenvalue weighted by Gasteiger charge is 2.48. The Labute approximate surface area is 237 Å². The zero-order chi connectivity index (χ0) is 28.8. The first kappa shape index (κ1) is 28.0. The number of carbonyl (C=O) groups is 2. The number of anilines is 2. The molecule has 2 unspecified atom stereocenters. The third-order valence-electron chi connectivity index (χ3n) is 7.95. The van der Waals surface area contributed by atoms with E-state index in [1.54, 1.807) is 48.4 Å². The van der Waals surface area contributed by atoms with Gasteiger partial charge in [0.2, 0.25) is 5.91 Å². The topological polar surface area (TPSA) is 78.4 Å². The molecule has 1 aromatic carbocycles. The van der Waals surface area contributed by atoms with Crippen molar-refractivity contribution >= 4 is 35.1 Å². The Balaban J connectivity index is 0.00000158. The number of fused-ring (bicyclic) bond motifs is 1. The molecule has 1 saturated heterocycles. The van der Waals surface area contributed by atoms with Crippen LogP contribution in [0.2, 0.25) is 5.02 Å². The van der Waals surface area contributed by atoms with Gasteiger partial charge in [0.1, 0.15) is 11.6 Å². The van der Waals surface area contributed by atoms with Gasteiger partial charge in [-0.1, -0.05) is 50.6 Å². The zero-order valence-corrected chi connectivity index (χ0v) is 23.7. The average Bonchev–Trinajstić information content (AvgIpc) is 3.68. The number of halogens is 3. The number of nitrogens with one attached hydrogen (secondary N) is 1. The number of amides is 2. The molecule has 1 N–H and O–H groups in total. The van der Waals surface area contributed by atoms with Crippen LogP contribution in [0.25, 0.3) is 0 Å². The summed E-state index contributed by atoms with van der Waals surface area (Å²) >= 11 is 6.13. The van der Waals surface area contributed by atoms with Crippen molar-refractivity contribution in [2.75, 3.05) is 29.9 Å². The predicted octanol–water partition coefficient (Wildman–Crippen LogP) is 5.68. The van der Waals surface area contributed by atoms with Crippen molar-refractivity contribution in [1.29, 1.82) is 0 Å². The van der Waals surface area contributed by atoms with Crippen molar-refractivity contribution in [3.63, 3.8) is 0 Å². The molecular formula is C30H32ClF2N5O2. The molecule has 1 aliphatic carbocycles. The third-order valence-corrected chi connectivity index (χ3v) is 8.25. The van der Waals surface area contributed by atoms with Gasteiger partial charge in [-0.15, -0.1) is 0 Å². The number of hydrogen-bond acceptors (Lipinski definition) is 5. The van der Waals surface area contributed by atoms with Crippen molar-refractivity contribution in [3.8, 4) is 0 Å². The molecule has 6 rings (SSSR count). The quantitative estimate of drug-likeness (QED) is 0.429. The lowest BCUT2D eigenvalue weighted by Gasteiger charge is -2.43. The van der Waals surface area contributed by atoms with Crippen molar-refractivity contribution in [3.05, 3.63) is 82.1 Å². The molecule has 2 fully saturated rings. The molecule has 2 amide bonds. The molecule has 3 aliphatic rings. The van der Waals surface area contributed by atoms with Crippen LogP contribution in [0.5, 0.6) is 0 Å². The molecule has 3 aromatic rings. The Bertz CT molecular complexity index is 1450. The summed E-state index contributed by atoms with van der Waals surface area (Å²) in [6.07, 6.45) is 3.79. The predicted molar refractivity (Wildman–Crippen MR) is 151 cm³/mol. The summed E-state index contributed by atoms with van der Waals surface area (Å²) in [5.41, 5.74) is -1.06. The smallest absolute Gasteiger partial charge is 0.261 e. The SMILES string of the molecule is CC.CC1CC1C(=O)N1CC(Nc2ncc3c(c2F)[C@@](C)(c2cccc(Cl)c2F)CN(c2ccccn2)C3=O)C1. The first-order chi connectivity index (χ1) is 19.2. The van der Waals surface area contributed by atoms with Crippen LogP contribution < -0.4 is 10.2 Å². The van der Waals surface area contributed by atoms with E-state index in [0.717, 1.165) is 6.42 Å². The largest absolute Gasteiger partial charge is 0.361 e. The Morgan fingerprint density at radius 3 is 2.48 bits per heavy atom. The molecule has 210 valence electrons. The normalized spacial score (nSPS) is 23.5. The van der Waals surface area contributed by atoms with Crippen LogP contribution in [0.15, 0.2) is 48.8 Å². The highest BCUT2D eigenvalue weighted by molar-refractivity contribution is 6.30. The molecule has 4 heterocycles. The summed E-state index contributed by atoms with van der Waals surface area (Å²) in [5, 5.41) is 2.99. The Kier molecular flexibility index (Phi) is 7.52. The van der Waals surface area contributed by atoms with Crippen LogP contribution in [-0.4, -0.2) is 52.4 Å². The second-order valence-corrected chi connectivity index (χ2v) is 11.0. The maximum Gasteiger partial charge on any atom is 0.261 e. The van der Waals surface area contributed by atoms with E-state index >= 15 is 8.78 Å². The van der Waals surface area contributed by atoms with E-state index in [-0.39, 0.29) is 51.9 Å². The van der Waals surface area contributed by atoms with Crippen LogP contribution in [0.3, 0.4) is 0 Å². The van der Waals surface area contributed by atoms with Crippen LogP contribution >= 0.6 is 11.6 Å². The lowest BCUT2D eigenvalue weighted by atomic mass is 9.71. The minimum Gasteiger partial charge on any atom is -0.361 e. The minimum absolute atomic E-state index is 0.0277. The Hall–Kier alpha value is -3.59. The van der Waals surface area contributed by atoms with Gasteiger partial charge in [0.25, 0.3) is 5.91 Å². The van der Waals surface area contributed by atoms with Gasteiger partial charge in [-0.05, 0) is 37.5 Å². The Morgan fingerprint density at radius 2 is 1.82 bits per heavy atom. The summed E-state index contributed by atoms with van der Waals surface area (Å²) in [6, 6.07) is 9.55. The maximum absolute atomic E-state index is 16.3. The second-order valence-electron chi connectivity index (χ2n) is 10.6. The van der Waals surface area contributed by atoms with Gasteiger partial charge in [-0.25, -0.2) is 18.7 Å². The number of pyridine rings is 2. The molecule has 0 spiro atoms. The molecule has 7 nitrogen and oxygen atoms in total.